The Morgan fingerprint density at radius 3 is 2.41 bits per heavy atom. The predicted octanol–water partition coefficient (Wildman–Crippen LogP) is 3.25. The normalized spacial score (nSPS) is 24.0. The summed E-state index contributed by atoms with van der Waals surface area (Å²) in [6.07, 6.45) is 1.50. The average molecular weight is 304 g/mol. The van der Waals surface area contributed by atoms with Crippen LogP contribution in [-0.2, 0) is 9.53 Å². The number of anilines is 1. The number of morpholine rings is 1. The molecular weight excluding hydrogens is 276 g/mol. The summed E-state index contributed by atoms with van der Waals surface area (Å²) >= 11 is 0. The summed E-state index contributed by atoms with van der Waals surface area (Å²) in [6, 6.07) is 8.18. The SMILES string of the molecule is CC[C@H](C)c1ccc(NC(=O)CN2C[C@@H](C)O[C@H](C)C2)cc1. The monoisotopic (exact) mass is 304 g/mol. The van der Waals surface area contributed by atoms with Crippen LogP contribution in [0.25, 0.3) is 0 Å². The molecule has 1 saturated heterocycles. The Bertz CT molecular complexity index is 476. The maximum Gasteiger partial charge on any atom is 0.238 e. The summed E-state index contributed by atoms with van der Waals surface area (Å²) in [6.45, 7) is 10.5. The third-order valence-corrected chi connectivity index (χ3v) is 4.24. The standard InChI is InChI=1S/C18H28N2O2/c1-5-13(2)16-6-8-17(9-7-16)19-18(21)12-20-10-14(3)22-15(4)11-20/h6-9,13-15H,5,10-12H2,1-4H3,(H,19,21)/t13-,14+,15+/m0/s1. The molecule has 122 valence electrons. The first-order valence-electron chi connectivity index (χ1n) is 8.25. The lowest BCUT2D eigenvalue weighted by Crippen LogP contribution is -2.48. The summed E-state index contributed by atoms with van der Waals surface area (Å²) in [4.78, 5) is 14.3. The van der Waals surface area contributed by atoms with Crippen LogP contribution in [0.5, 0.6) is 0 Å². The van der Waals surface area contributed by atoms with E-state index in [-0.39, 0.29) is 18.1 Å². The molecule has 1 N–H and O–H groups in total. The van der Waals surface area contributed by atoms with Gasteiger partial charge in [0.25, 0.3) is 0 Å². The minimum Gasteiger partial charge on any atom is -0.373 e. The predicted molar refractivity (Wildman–Crippen MR) is 90.2 cm³/mol. The Kier molecular flexibility index (Phi) is 5.98. The van der Waals surface area contributed by atoms with E-state index in [1.807, 2.05) is 26.0 Å². The van der Waals surface area contributed by atoms with Crippen molar-refractivity contribution in [1.82, 2.24) is 4.90 Å². The van der Waals surface area contributed by atoms with Crippen LogP contribution in [0.3, 0.4) is 0 Å². The van der Waals surface area contributed by atoms with Crippen molar-refractivity contribution in [2.24, 2.45) is 0 Å². The number of hydrogen-bond acceptors (Lipinski definition) is 3. The van der Waals surface area contributed by atoms with E-state index < -0.39 is 0 Å². The number of rotatable bonds is 5. The molecule has 1 aliphatic heterocycles. The molecule has 0 radical (unpaired) electrons. The van der Waals surface area contributed by atoms with Crippen molar-refractivity contribution >= 4 is 11.6 Å². The van der Waals surface area contributed by atoms with E-state index in [4.69, 9.17) is 4.74 Å². The molecule has 1 heterocycles. The molecule has 0 aromatic heterocycles. The molecule has 0 aliphatic carbocycles. The fraction of sp³-hybridized carbons (Fsp3) is 0.611. The van der Waals surface area contributed by atoms with Gasteiger partial charge in [-0.25, -0.2) is 0 Å². The Morgan fingerprint density at radius 2 is 1.86 bits per heavy atom. The van der Waals surface area contributed by atoms with Gasteiger partial charge < -0.3 is 10.1 Å². The minimum absolute atomic E-state index is 0.0394. The average Bonchev–Trinajstić information content (AvgIpc) is 2.46. The molecule has 2 rings (SSSR count). The Labute approximate surface area is 133 Å². The van der Waals surface area contributed by atoms with E-state index in [0.29, 0.717) is 12.5 Å². The van der Waals surface area contributed by atoms with Crippen molar-refractivity contribution in [2.75, 3.05) is 25.0 Å². The third kappa shape index (κ3) is 4.82. The summed E-state index contributed by atoms with van der Waals surface area (Å²) in [5.41, 5.74) is 2.18. The van der Waals surface area contributed by atoms with Crippen LogP contribution in [0.15, 0.2) is 24.3 Å². The first-order valence-corrected chi connectivity index (χ1v) is 8.25. The molecule has 4 heteroatoms. The lowest BCUT2D eigenvalue weighted by atomic mass is 9.99. The fourth-order valence-corrected chi connectivity index (χ4v) is 2.95. The van der Waals surface area contributed by atoms with E-state index >= 15 is 0 Å². The number of carbonyl (C=O) groups is 1. The highest BCUT2D eigenvalue weighted by atomic mass is 16.5. The van der Waals surface area contributed by atoms with Crippen LogP contribution >= 0.6 is 0 Å². The summed E-state index contributed by atoms with van der Waals surface area (Å²) in [7, 11) is 0. The van der Waals surface area contributed by atoms with Crippen molar-refractivity contribution in [1.29, 1.82) is 0 Å². The van der Waals surface area contributed by atoms with Crippen molar-refractivity contribution in [3.63, 3.8) is 0 Å². The molecule has 1 aliphatic rings. The molecule has 0 unspecified atom stereocenters. The van der Waals surface area contributed by atoms with Crippen LogP contribution in [0.1, 0.15) is 45.6 Å². The van der Waals surface area contributed by atoms with Crippen LogP contribution in [0, 0.1) is 0 Å². The fourth-order valence-electron chi connectivity index (χ4n) is 2.95. The summed E-state index contributed by atoms with van der Waals surface area (Å²) in [5, 5.41) is 2.98. The Balaban J connectivity index is 1.86. The first kappa shape index (κ1) is 17.0. The molecular formula is C18H28N2O2. The zero-order chi connectivity index (χ0) is 16.1. The second kappa shape index (κ2) is 7.75. The van der Waals surface area contributed by atoms with Gasteiger partial charge in [0, 0.05) is 18.8 Å². The van der Waals surface area contributed by atoms with Crippen LogP contribution in [0.4, 0.5) is 5.69 Å². The van der Waals surface area contributed by atoms with E-state index in [2.05, 4.69) is 36.2 Å². The highest BCUT2D eigenvalue weighted by molar-refractivity contribution is 5.92. The molecule has 0 bridgehead atoms. The smallest absolute Gasteiger partial charge is 0.238 e. The van der Waals surface area contributed by atoms with Crippen molar-refractivity contribution in [3.05, 3.63) is 29.8 Å². The number of carbonyl (C=O) groups excluding carboxylic acids is 1. The topological polar surface area (TPSA) is 41.6 Å². The molecule has 4 nitrogen and oxygen atoms in total. The van der Waals surface area contributed by atoms with E-state index in [0.717, 1.165) is 25.2 Å². The number of hydrogen-bond donors (Lipinski definition) is 1. The number of amides is 1. The largest absolute Gasteiger partial charge is 0.373 e. The number of ether oxygens (including phenoxy) is 1. The van der Waals surface area contributed by atoms with Gasteiger partial charge in [0.15, 0.2) is 0 Å². The van der Waals surface area contributed by atoms with Crippen molar-refractivity contribution in [3.8, 4) is 0 Å². The van der Waals surface area contributed by atoms with E-state index in [1.54, 1.807) is 0 Å². The van der Waals surface area contributed by atoms with Gasteiger partial charge in [-0.15, -0.1) is 0 Å². The van der Waals surface area contributed by atoms with E-state index in [1.165, 1.54) is 5.56 Å². The second-order valence-electron chi connectivity index (χ2n) is 6.43. The van der Waals surface area contributed by atoms with Gasteiger partial charge in [0.05, 0.1) is 18.8 Å². The highest BCUT2D eigenvalue weighted by Crippen LogP contribution is 2.20. The maximum absolute atomic E-state index is 12.2. The van der Waals surface area contributed by atoms with Crippen LogP contribution < -0.4 is 5.32 Å². The van der Waals surface area contributed by atoms with Crippen molar-refractivity contribution in [2.45, 2.75) is 52.2 Å². The molecule has 22 heavy (non-hydrogen) atoms. The zero-order valence-electron chi connectivity index (χ0n) is 14.1. The van der Waals surface area contributed by atoms with Gasteiger partial charge in [0.1, 0.15) is 0 Å². The molecule has 1 amide bonds. The summed E-state index contributed by atoms with van der Waals surface area (Å²) < 4.78 is 5.69. The van der Waals surface area contributed by atoms with Gasteiger partial charge in [0.2, 0.25) is 5.91 Å². The molecule has 0 spiro atoms. The van der Waals surface area contributed by atoms with Gasteiger partial charge in [-0.1, -0.05) is 26.0 Å². The molecule has 1 aromatic rings. The van der Waals surface area contributed by atoms with Gasteiger partial charge in [-0.05, 0) is 43.9 Å². The van der Waals surface area contributed by atoms with Crippen LogP contribution in [0.2, 0.25) is 0 Å². The number of nitrogens with zero attached hydrogens (tertiary/aromatic N) is 1. The zero-order valence-corrected chi connectivity index (χ0v) is 14.1. The molecule has 1 aromatic carbocycles. The quantitative estimate of drug-likeness (QED) is 0.908. The minimum atomic E-state index is 0.0394. The third-order valence-electron chi connectivity index (χ3n) is 4.24. The molecule has 0 saturated carbocycles. The van der Waals surface area contributed by atoms with E-state index in [9.17, 15) is 4.79 Å². The van der Waals surface area contributed by atoms with Gasteiger partial charge >= 0.3 is 0 Å². The second-order valence-corrected chi connectivity index (χ2v) is 6.43. The maximum atomic E-state index is 12.2. The Hall–Kier alpha value is -1.39. The van der Waals surface area contributed by atoms with Crippen molar-refractivity contribution < 1.29 is 9.53 Å². The molecule has 1 fully saturated rings. The highest BCUT2D eigenvalue weighted by Gasteiger charge is 2.23. The molecule has 3 atom stereocenters. The first-order chi connectivity index (χ1) is 10.5. The summed E-state index contributed by atoms with van der Waals surface area (Å²) in [5.74, 6) is 0.596. The van der Waals surface area contributed by atoms with Crippen LogP contribution in [-0.4, -0.2) is 42.6 Å². The Morgan fingerprint density at radius 1 is 1.27 bits per heavy atom. The lowest BCUT2D eigenvalue weighted by molar-refractivity contribution is -0.121. The lowest BCUT2D eigenvalue weighted by Gasteiger charge is -2.34. The van der Waals surface area contributed by atoms with Gasteiger partial charge in [-0.2, -0.15) is 0 Å². The number of benzene rings is 1. The van der Waals surface area contributed by atoms with Gasteiger partial charge in [-0.3, -0.25) is 9.69 Å². The number of nitrogens with one attached hydrogen (secondary N) is 1.